The third kappa shape index (κ3) is 5.89. The van der Waals surface area contributed by atoms with Gasteiger partial charge in [-0.1, -0.05) is 47.7 Å². The minimum atomic E-state index is 0.0870. The SMILES string of the molecule is CCN(CC)C(=O)c1ccc(Cc2ccccc2OCCN2CCC(n3nnc4ccccc43)CC2)cc1. The van der Waals surface area contributed by atoms with Crippen LogP contribution in [-0.4, -0.2) is 70.0 Å². The largest absolute Gasteiger partial charge is 0.492 e. The number of hydrogen-bond acceptors (Lipinski definition) is 5. The molecular formula is C31H37N5O2. The average Bonchev–Trinajstić information content (AvgIpc) is 3.40. The Morgan fingerprint density at radius 2 is 1.66 bits per heavy atom. The molecule has 0 N–H and O–H groups in total. The van der Waals surface area contributed by atoms with Crippen molar-refractivity contribution < 1.29 is 9.53 Å². The molecule has 1 saturated heterocycles. The van der Waals surface area contributed by atoms with Crippen molar-refractivity contribution in [3.05, 3.63) is 89.5 Å². The highest BCUT2D eigenvalue weighted by molar-refractivity contribution is 5.94. The first-order chi connectivity index (χ1) is 18.7. The molecule has 0 unspecified atom stereocenters. The maximum Gasteiger partial charge on any atom is 0.253 e. The van der Waals surface area contributed by atoms with Gasteiger partial charge in [-0.25, -0.2) is 4.68 Å². The molecule has 0 radical (unpaired) electrons. The minimum absolute atomic E-state index is 0.0870. The van der Waals surface area contributed by atoms with Gasteiger partial charge in [0.1, 0.15) is 17.9 Å². The first-order valence-electron chi connectivity index (χ1n) is 13.8. The van der Waals surface area contributed by atoms with E-state index in [4.69, 9.17) is 4.74 Å². The van der Waals surface area contributed by atoms with Crippen LogP contribution in [-0.2, 0) is 6.42 Å². The summed E-state index contributed by atoms with van der Waals surface area (Å²) in [6.07, 6.45) is 2.90. The van der Waals surface area contributed by atoms with E-state index in [1.165, 1.54) is 5.56 Å². The molecule has 38 heavy (non-hydrogen) atoms. The van der Waals surface area contributed by atoms with Gasteiger partial charge in [0.15, 0.2) is 0 Å². The van der Waals surface area contributed by atoms with Crippen molar-refractivity contribution in [3.8, 4) is 5.75 Å². The second kappa shape index (κ2) is 12.2. The Balaban J connectivity index is 1.12. The highest BCUT2D eigenvalue weighted by Crippen LogP contribution is 2.26. The molecule has 7 heteroatoms. The molecule has 1 aliphatic rings. The molecule has 1 aliphatic heterocycles. The highest BCUT2D eigenvalue weighted by atomic mass is 16.5. The Morgan fingerprint density at radius 1 is 0.947 bits per heavy atom. The van der Waals surface area contributed by atoms with Crippen LogP contribution in [0.4, 0.5) is 0 Å². The number of nitrogens with zero attached hydrogens (tertiary/aromatic N) is 5. The van der Waals surface area contributed by atoms with Gasteiger partial charge in [-0.3, -0.25) is 9.69 Å². The summed E-state index contributed by atoms with van der Waals surface area (Å²) in [5.41, 5.74) is 5.15. The molecule has 0 aliphatic carbocycles. The molecule has 0 spiro atoms. The lowest BCUT2D eigenvalue weighted by molar-refractivity contribution is 0.0773. The Bertz CT molecular complexity index is 1340. The van der Waals surface area contributed by atoms with E-state index in [0.29, 0.717) is 12.6 Å². The number of carbonyl (C=O) groups excluding carboxylic acids is 1. The van der Waals surface area contributed by atoms with E-state index in [-0.39, 0.29) is 5.91 Å². The number of likely N-dealkylation sites (tertiary alicyclic amines) is 1. The molecule has 1 aromatic heterocycles. The number of aromatic nitrogens is 3. The predicted molar refractivity (Wildman–Crippen MR) is 151 cm³/mol. The number of piperidine rings is 1. The van der Waals surface area contributed by atoms with Crippen molar-refractivity contribution in [2.45, 2.75) is 39.2 Å². The average molecular weight is 512 g/mol. The lowest BCUT2D eigenvalue weighted by atomic mass is 10.0. The molecule has 5 rings (SSSR count). The molecule has 7 nitrogen and oxygen atoms in total. The predicted octanol–water partition coefficient (Wildman–Crippen LogP) is 5.22. The molecule has 4 aromatic rings. The van der Waals surface area contributed by atoms with Crippen LogP contribution in [0, 0.1) is 0 Å². The van der Waals surface area contributed by atoms with Gasteiger partial charge >= 0.3 is 0 Å². The zero-order valence-corrected chi connectivity index (χ0v) is 22.4. The zero-order chi connectivity index (χ0) is 26.3. The summed E-state index contributed by atoms with van der Waals surface area (Å²) < 4.78 is 8.36. The molecule has 2 heterocycles. The van der Waals surface area contributed by atoms with Gasteiger partial charge in [-0.15, -0.1) is 5.10 Å². The fourth-order valence-corrected chi connectivity index (χ4v) is 5.30. The van der Waals surface area contributed by atoms with E-state index in [1.54, 1.807) is 0 Å². The van der Waals surface area contributed by atoms with Crippen molar-refractivity contribution in [1.82, 2.24) is 24.8 Å². The number of fused-ring (bicyclic) bond motifs is 1. The van der Waals surface area contributed by atoms with Gasteiger partial charge in [0, 0.05) is 44.7 Å². The number of hydrogen-bond donors (Lipinski definition) is 0. The van der Waals surface area contributed by atoms with Crippen LogP contribution in [0.1, 0.15) is 54.2 Å². The van der Waals surface area contributed by atoms with Gasteiger partial charge in [-0.05, 0) is 68.1 Å². The number of amides is 1. The Kier molecular flexibility index (Phi) is 8.34. The summed E-state index contributed by atoms with van der Waals surface area (Å²) >= 11 is 0. The summed E-state index contributed by atoms with van der Waals surface area (Å²) in [6.45, 7) is 9.08. The van der Waals surface area contributed by atoms with Crippen LogP contribution in [0.5, 0.6) is 5.75 Å². The van der Waals surface area contributed by atoms with Crippen molar-refractivity contribution in [2.75, 3.05) is 39.3 Å². The van der Waals surface area contributed by atoms with Crippen molar-refractivity contribution >= 4 is 16.9 Å². The molecule has 1 amide bonds. The number of ether oxygens (including phenoxy) is 1. The molecule has 0 saturated carbocycles. The van der Waals surface area contributed by atoms with E-state index >= 15 is 0 Å². The molecular weight excluding hydrogens is 474 g/mol. The van der Waals surface area contributed by atoms with Crippen LogP contribution < -0.4 is 4.74 Å². The van der Waals surface area contributed by atoms with Gasteiger partial charge < -0.3 is 9.64 Å². The lowest BCUT2D eigenvalue weighted by Gasteiger charge is -2.32. The topological polar surface area (TPSA) is 63.5 Å². The number of carbonyl (C=O) groups is 1. The van der Waals surface area contributed by atoms with Crippen molar-refractivity contribution in [1.29, 1.82) is 0 Å². The first-order valence-corrected chi connectivity index (χ1v) is 13.8. The molecule has 3 aromatic carbocycles. The van der Waals surface area contributed by atoms with Crippen LogP contribution in [0.2, 0.25) is 0 Å². The monoisotopic (exact) mass is 511 g/mol. The Hall–Kier alpha value is -3.71. The maximum absolute atomic E-state index is 12.6. The fraction of sp³-hybridized carbons (Fsp3) is 0.387. The van der Waals surface area contributed by atoms with E-state index < -0.39 is 0 Å². The molecule has 0 bridgehead atoms. The van der Waals surface area contributed by atoms with Gasteiger partial charge in [0.05, 0.1) is 11.6 Å². The van der Waals surface area contributed by atoms with Crippen LogP contribution in [0.3, 0.4) is 0 Å². The van der Waals surface area contributed by atoms with E-state index in [9.17, 15) is 4.79 Å². The summed E-state index contributed by atoms with van der Waals surface area (Å²) in [6, 6.07) is 24.8. The van der Waals surface area contributed by atoms with Crippen LogP contribution in [0.25, 0.3) is 11.0 Å². The van der Waals surface area contributed by atoms with Crippen molar-refractivity contribution in [3.63, 3.8) is 0 Å². The summed E-state index contributed by atoms with van der Waals surface area (Å²) in [5, 5.41) is 8.75. The molecule has 1 fully saturated rings. The summed E-state index contributed by atoms with van der Waals surface area (Å²) in [4.78, 5) is 16.9. The third-order valence-electron chi connectivity index (χ3n) is 7.56. The Morgan fingerprint density at radius 3 is 2.42 bits per heavy atom. The fourth-order valence-electron chi connectivity index (χ4n) is 5.30. The quantitative estimate of drug-likeness (QED) is 0.292. The van der Waals surface area contributed by atoms with E-state index in [2.05, 4.69) is 62.4 Å². The lowest BCUT2D eigenvalue weighted by Crippen LogP contribution is -2.37. The van der Waals surface area contributed by atoms with Gasteiger partial charge in [0.2, 0.25) is 0 Å². The van der Waals surface area contributed by atoms with E-state index in [0.717, 1.165) is 79.9 Å². The Labute approximate surface area is 225 Å². The zero-order valence-electron chi connectivity index (χ0n) is 22.4. The summed E-state index contributed by atoms with van der Waals surface area (Å²) in [5.74, 6) is 1.02. The maximum atomic E-state index is 12.6. The number of rotatable bonds is 10. The van der Waals surface area contributed by atoms with Crippen molar-refractivity contribution in [2.24, 2.45) is 0 Å². The third-order valence-corrected chi connectivity index (χ3v) is 7.56. The highest BCUT2D eigenvalue weighted by Gasteiger charge is 2.22. The minimum Gasteiger partial charge on any atom is -0.492 e. The van der Waals surface area contributed by atoms with Crippen LogP contribution >= 0.6 is 0 Å². The van der Waals surface area contributed by atoms with Crippen LogP contribution in [0.15, 0.2) is 72.8 Å². The number of benzene rings is 3. The second-order valence-electron chi connectivity index (χ2n) is 9.90. The second-order valence-corrected chi connectivity index (χ2v) is 9.90. The standard InChI is InChI=1S/C31H37N5O2/c1-3-35(4-2)31(37)25-15-13-24(14-16-25)23-26-9-5-8-12-30(26)38-22-21-34-19-17-27(18-20-34)36-29-11-7-6-10-28(29)32-33-36/h5-16,27H,3-4,17-23H2,1-2H3. The van der Waals surface area contributed by atoms with Gasteiger partial charge in [0.25, 0.3) is 5.91 Å². The smallest absolute Gasteiger partial charge is 0.253 e. The number of para-hydroxylation sites is 2. The molecule has 198 valence electrons. The summed E-state index contributed by atoms with van der Waals surface area (Å²) in [7, 11) is 0. The first kappa shape index (κ1) is 25.9. The molecule has 0 atom stereocenters. The van der Waals surface area contributed by atoms with E-state index in [1.807, 2.05) is 49.1 Å². The van der Waals surface area contributed by atoms with Gasteiger partial charge in [-0.2, -0.15) is 0 Å². The normalized spacial score (nSPS) is 14.6.